The Morgan fingerprint density at radius 2 is 2.00 bits per heavy atom. The predicted molar refractivity (Wildman–Crippen MR) is 87.5 cm³/mol. The number of fused-ring (bicyclic) bond motifs is 1. The minimum Gasteiger partial charge on any atom is -0.322 e. The highest BCUT2D eigenvalue weighted by Gasteiger charge is 2.30. The van der Waals surface area contributed by atoms with Crippen LogP contribution in [0.2, 0.25) is 0 Å². The van der Waals surface area contributed by atoms with Crippen LogP contribution < -0.4 is 10.6 Å². The Labute approximate surface area is 139 Å². The summed E-state index contributed by atoms with van der Waals surface area (Å²) in [7, 11) is 0. The van der Waals surface area contributed by atoms with Gasteiger partial charge in [-0.25, -0.2) is 4.98 Å². The van der Waals surface area contributed by atoms with Gasteiger partial charge in [0.1, 0.15) is 0 Å². The number of anilines is 2. The number of thiazole rings is 1. The van der Waals surface area contributed by atoms with Crippen LogP contribution in [0.25, 0.3) is 10.2 Å². The fraction of sp³-hybridized carbons (Fsp3) is 0.250. The van der Waals surface area contributed by atoms with E-state index in [4.69, 9.17) is 34.8 Å². The third-order valence-electron chi connectivity index (χ3n) is 2.47. The highest BCUT2D eigenvalue weighted by molar-refractivity contribution is 7.22. The van der Waals surface area contributed by atoms with Crippen molar-refractivity contribution in [1.82, 2.24) is 4.98 Å². The summed E-state index contributed by atoms with van der Waals surface area (Å²) >= 11 is 17.8. The Morgan fingerprint density at radius 3 is 2.62 bits per heavy atom. The number of hydrogen-bond acceptors (Lipinski definition) is 4. The monoisotopic (exact) mass is 365 g/mol. The van der Waals surface area contributed by atoms with Crippen LogP contribution in [0.4, 0.5) is 10.8 Å². The Hall–Kier alpha value is -1.08. The molecule has 112 valence electrons. The van der Waals surface area contributed by atoms with Gasteiger partial charge in [0, 0.05) is 12.1 Å². The summed E-state index contributed by atoms with van der Waals surface area (Å²) in [5.74, 6) is -0.852. The zero-order chi connectivity index (χ0) is 15.6. The van der Waals surface area contributed by atoms with E-state index < -0.39 is 9.70 Å². The normalized spacial score (nSPS) is 11.4. The lowest BCUT2D eigenvalue weighted by Crippen LogP contribution is -2.26. The first kappa shape index (κ1) is 16.3. The van der Waals surface area contributed by atoms with Crippen LogP contribution in [-0.4, -0.2) is 20.6 Å². The maximum Gasteiger partial charge on any atom is 0.276 e. The van der Waals surface area contributed by atoms with Crippen molar-refractivity contribution in [3.05, 3.63) is 18.2 Å². The summed E-state index contributed by atoms with van der Waals surface area (Å²) in [5, 5.41) is 5.68. The smallest absolute Gasteiger partial charge is 0.276 e. The van der Waals surface area contributed by atoms with Crippen molar-refractivity contribution < 1.29 is 9.59 Å². The molecule has 2 amide bonds. The second kappa shape index (κ2) is 6.36. The molecule has 0 unspecified atom stereocenters. The summed E-state index contributed by atoms with van der Waals surface area (Å²) in [5.41, 5.74) is 1.19. The number of hydrogen-bond donors (Lipinski definition) is 2. The summed E-state index contributed by atoms with van der Waals surface area (Å²) in [6.07, 6.45) is 0.375. The maximum absolute atomic E-state index is 11.6. The Balaban J connectivity index is 2.22. The highest BCUT2D eigenvalue weighted by atomic mass is 35.6. The highest BCUT2D eigenvalue weighted by Crippen LogP contribution is 2.31. The fourth-order valence-corrected chi connectivity index (χ4v) is 2.53. The van der Waals surface area contributed by atoms with E-state index in [1.165, 1.54) is 11.3 Å². The first-order valence-corrected chi connectivity index (χ1v) is 7.83. The molecule has 0 atom stereocenters. The minimum atomic E-state index is -2.02. The van der Waals surface area contributed by atoms with Crippen LogP contribution in [0.5, 0.6) is 0 Å². The van der Waals surface area contributed by atoms with Gasteiger partial charge in [0.2, 0.25) is 5.91 Å². The lowest BCUT2D eigenvalue weighted by Gasteiger charge is -2.10. The molecular formula is C12H10Cl3N3O2S. The third kappa shape index (κ3) is 4.20. The molecule has 0 bridgehead atoms. The zero-order valence-electron chi connectivity index (χ0n) is 10.7. The summed E-state index contributed by atoms with van der Waals surface area (Å²) < 4.78 is -1.23. The molecule has 0 aliphatic heterocycles. The Morgan fingerprint density at radius 1 is 1.29 bits per heavy atom. The molecule has 0 radical (unpaired) electrons. The second-order valence-corrected chi connectivity index (χ2v) is 7.37. The molecule has 21 heavy (non-hydrogen) atoms. The average Bonchev–Trinajstić information content (AvgIpc) is 2.78. The molecule has 0 aliphatic carbocycles. The lowest BCUT2D eigenvalue weighted by atomic mass is 10.3. The number of halogens is 3. The van der Waals surface area contributed by atoms with Gasteiger partial charge in [-0.1, -0.05) is 53.1 Å². The van der Waals surface area contributed by atoms with Gasteiger partial charge >= 0.3 is 0 Å². The summed E-state index contributed by atoms with van der Waals surface area (Å²) in [6, 6.07) is 5.05. The number of amides is 2. The van der Waals surface area contributed by atoms with Crippen LogP contribution in [0, 0.1) is 0 Å². The van der Waals surface area contributed by atoms with E-state index in [-0.39, 0.29) is 5.91 Å². The number of alkyl halides is 3. The molecule has 1 heterocycles. The SMILES string of the molecule is CCC(=O)Nc1nc2ccc(NC(=O)C(Cl)(Cl)Cl)cc2s1. The van der Waals surface area contributed by atoms with Crippen molar-refractivity contribution in [2.24, 2.45) is 0 Å². The fourth-order valence-electron chi connectivity index (χ4n) is 1.47. The molecule has 0 aliphatic rings. The molecule has 0 spiro atoms. The van der Waals surface area contributed by atoms with Gasteiger partial charge in [-0.15, -0.1) is 0 Å². The van der Waals surface area contributed by atoms with Crippen LogP contribution in [0.15, 0.2) is 18.2 Å². The van der Waals surface area contributed by atoms with Gasteiger partial charge in [-0.05, 0) is 18.2 Å². The lowest BCUT2D eigenvalue weighted by molar-refractivity contribution is -0.116. The zero-order valence-corrected chi connectivity index (χ0v) is 13.8. The Bertz CT molecular complexity index is 697. The number of aromatic nitrogens is 1. The minimum absolute atomic E-state index is 0.112. The number of carbonyl (C=O) groups excluding carboxylic acids is 2. The van der Waals surface area contributed by atoms with Crippen LogP contribution in [0.3, 0.4) is 0 Å². The van der Waals surface area contributed by atoms with E-state index in [2.05, 4.69) is 15.6 Å². The van der Waals surface area contributed by atoms with E-state index in [9.17, 15) is 9.59 Å². The van der Waals surface area contributed by atoms with E-state index in [1.54, 1.807) is 25.1 Å². The number of nitrogens with one attached hydrogen (secondary N) is 2. The standard InChI is InChI=1S/C12H10Cl3N3O2S/c1-2-9(19)18-11-17-7-4-3-6(5-8(7)21-11)16-10(20)12(13,14)15/h3-5H,2H2,1H3,(H,16,20)(H,17,18,19). The number of benzene rings is 1. The Kier molecular flexibility index (Phi) is 4.93. The molecule has 1 aromatic heterocycles. The molecule has 1 aromatic carbocycles. The molecule has 0 fully saturated rings. The van der Waals surface area contributed by atoms with Crippen molar-refractivity contribution in [3.8, 4) is 0 Å². The van der Waals surface area contributed by atoms with Crippen molar-refractivity contribution in [2.45, 2.75) is 17.1 Å². The molecule has 2 rings (SSSR count). The molecule has 2 N–H and O–H groups in total. The summed E-state index contributed by atoms with van der Waals surface area (Å²) in [6.45, 7) is 1.76. The maximum atomic E-state index is 11.6. The molecule has 0 saturated heterocycles. The number of nitrogens with zero attached hydrogens (tertiary/aromatic N) is 1. The largest absolute Gasteiger partial charge is 0.322 e. The van der Waals surface area contributed by atoms with Gasteiger partial charge in [-0.3, -0.25) is 9.59 Å². The molecule has 5 nitrogen and oxygen atoms in total. The van der Waals surface area contributed by atoms with E-state index in [0.717, 1.165) is 4.70 Å². The van der Waals surface area contributed by atoms with Crippen molar-refractivity contribution >= 4 is 79.0 Å². The van der Waals surface area contributed by atoms with E-state index in [1.807, 2.05) is 0 Å². The van der Waals surface area contributed by atoms with Crippen LogP contribution in [-0.2, 0) is 9.59 Å². The van der Waals surface area contributed by atoms with Gasteiger partial charge in [0.15, 0.2) is 5.13 Å². The van der Waals surface area contributed by atoms with E-state index >= 15 is 0 Å². The second-order valence-electron chi connectivity index (χ2n) is 4.06. The molecular weight excluding hydrogens is 357 g/mol. The first-order valence-electron chi connectivity index (χ1n) is 5.88. The third-order valence-corrected chi connectivity index (χ3v) is 3.92. The predicted octanol–water partition coefficient (Wildman–Crippen LogP) is 3.95. The van der Waals surface area contributed by atoms with Crippen molar-refractivity contribution in [1.29, 1.82) is 0 Å². The quantitative estimate of drug-likeness (QED) is 0.808. The molecule has 2 aromatic rings. The number of carbonyl (C=O) groups is 2. The van der Waals surface area contributed by atoms with Gasteiger partial charge in [0.05, 0.1) is 10.2 Å². The topological polar surface area (TPSA) is 71.1 Å². The first-order chi connectivity index (χ1) is 9.79. The summed E-state index contributed by atoms with van der Waals surface area (Å²) in [4.78, 5) is 27.2. The van der Waals surface area contributed by atoms with Gasteiger partial charge in [-0.2, -0.15) is 0 Å². The van der Waals surface area contributed by atoms with Gasteiger partial charge in [0.25, 0.3) is 9.70 Å². The van der Waals surface area contributed by atoms with Gasteiger partial charge < -0.3 is 10.6 Å². The van der Waals surface area contributed by atoms with Crippen molar-refractivity contribution in [3.63, 3.8) is 0 Å². The average molecular weight is 367 g/mol. The number of rotatable bonds is 3. The molecule has 0 saturated carbocycles. The van der Waals surface area contributed by atoms with Crippen LogP contribution >= 0.6 is 46.1 Å². The molecule has 9 heteroatoms. The van der Waals surface area contributed by atoms with Crippen LogP contribution in [0.1, 0.15) is 13.3 Å². The van der Waals surface area contributed by atoms with Crippen molar-refractivity contribution in [2.75, 3.05) is 10.6 Å². The van der Waals surface area contributed by atoms with E-state index in [0.29, 0.717) is 22.8 Å².